The number of anilines is 1. The third-order valence-electron chi connectivity index (χ3n) is 5.44. The number of hydrogen-bond acceptors (Lipinski definition) is 4. The van der Waals surface area contributed by atoms with E-state index in [0.717, 1.165) is 43.1 Å². The molecule has 0 atom stereocenters. The molecule has 0 bridgehead atoms. The zero-order chi connectivity index (χ0) is 20.8. The van der Waals surface area contributed by atoms with Crippen LogP contribution in [0.25, 0.3) is 0 Å². The molecule has 5 nitrogen and oxygen atoms in total. The number of carbonyl (C=O) groups is 1. The van der Waals surface area contributed by atoms with Gasteiger partial charge in [-0.05, 0) is 60.7 Å². The first-order valence-corrected chi connectivity index (χ1v) is 10.2. The van der Waals surface area contributed by atoms with Crippen LogP contribution in [-0.4, -0.2) is 43.6 Å². The van der Waals surface area contributed by atoms with Crippen molar-refractivity contribution in [1.29, 1.82) is 5.26 Å². The molecule has 1 amide bonds. The predicted octanol–water partition coefficient (Wildman–Crippen LogP) is 4.11. The van der Waals surface area contributed by atoms with E-state index >= 15 is 0 Å². The minimum Gasteiger partial charge on any atom is -0.483 e. The number of rotatable bonds is 5. The molecule has 2 aromatic rings. The lowest BCUT2D eigenvalue weighted by molar-refractivity contribution is -0.133. The summed E-state index contributed by atoms with van der Waals surface area (Å²) in [7, 11) is 0. The zero-order valence-electron chi connectivity index (χ0n) is 17.5. The minimum absolute atomic E-state index is 0.0287. The Morgan fingerprint density at radius 2 is 1.86 bits per heavy atom. The van der Waals surface area contributed by atoms with Crippen LogP contribution in [0.3, 0.4) is 0 Å². The fourth-order valence-electron chi connectivity index (χ4n) is 3.53. The van der Waals surface area contributed by atoms with Crippen LogP contribution in [0.1, 0.15) is 42.9 Å². The quantitative estimate of drug-likeness (QED) is 0.770. The van der Waals surface area contributed by atoms with Crippen LogP contribution in [0.15, 0.2) is 42.5 Å². The topological polar surface area (TPSA) is 56.6 Å². The lowest BCUT2D eigenvalue weighted by atomic mass is 10.0. The first-order chi connectivity index (χ1) is 14.0. The maximum atomic E-state index is 12.7. The summed E-state index contributed by atoms with van der Waals surface area (Å²) in [6, 6.07) is 16.0. The molecule has 0 N–H and O–H groups in total. The molecule has 3 rings (SSSR count). The number of aryl methyl sites for hydroxylation is 1. The van der Waals surface area contributed by atoms with Crippen molar-refractivity contribution < 1.29 is 9.53 Å². The highest BCUT2D eigenvalue weighted by molar-refractivity contribution is 5.78. The van der Waals surface area contributed by atoms with Crippen LogP contribution in [-0.2, 0) is 4.79 Å². The summed E-state index contributed by atoms with van der Waals surface area (Å²) < 4.78 is 5.89. The van der Waals surface area contributed by atoms with Gasteiger partial charge in [-0.1, -0.05) is 26.0 Å². The van der Waals surface area contributed by atoms with E-state index in [1.54, 1.807) is 0 Å². The Labute approximate surface area is 173 Å². The second kappa shape index (κ2) is 9.47. The fraction of sp³-hybridized carbons (Fsp3) is 0.417. The molecule has 1 saturated heterocycles. The van der Waals surface area contributed by atoms with Crippen LogP contribution in [0.5, 0.6) is 5.75 Å². The highest BCUT2D eigenvalue weighted by Gasteiger charge is 2.20. The molecule has 29 heavy (non-hydrogen) atoms. The highest BCUT2D eigenvalue weighted by Crippen LogP contribution is 2.24. The molecule has 1 fully saturated rings. The molecule has 2 aromatic carbocycles. The number of hydrogen-bond donors (Lipinski definition) is 0. The average Bonchev–Trinajstić information content (AvgIpc) is 2.99. The van der Waals surface area contributed by atoms with E-state index < -0.39 is 0 Å². The van der Waals surface area contributed by atoms with E-state index in [-0.39, 0.29) is 12.5 Å². The molecule has 0 saturated carbocycles. The number of nitriles is 1. The van der Waals surface area contributed by atoms with Gasteiger partial charge in [-0.15, -0.1) is 0 Å². The van der Waals surface area contributed by atoms with Crippen LogP contribution >= 0.6 is 0 Å². The summed E-state index contributed by atoms with van der Waals surface area (Å²) >= 11 is 0. The number of carbonyl (C=O) groups excluding carboxylic acids is 1. The second-order valence-electron chi connectivity index (χ2n) is 7.85. The Bertz CT molecular complexity index is 884. The molecule has 1 aliphatic heterocycles. The van der Waals surface area contributed by atoms with Gasteiger partial charge in [0.05, 0.1) is 11.6 Å². The lowest BCUT2D eigenvalue weighted by Crippen LogP contribution is -2.38. The van der Waals surface area contributed by atoms with E-state index in [4.69, 9.17) is 10.00 Å². The molecule has 152 valence electrons. The monoisotopic (exact) mass is 391 g/mol. The van der Waals surface area contributed by atoms with Crippen LogP contribution in [0.4, 0.5) is 5.69 Å². The Kier molecular flexibility index (Phi) is 6.77. The number of amides is 1. The summed E-state index contributed by atoms with van der Waals surface area (Å²) in [5.41, 5.74) is 4.01. The first kappa shape index (κ1) is 20.7. The lowest BCUT2D eigenvalue weighted by Gasteiger charge is -2.24. The molecule has 0 radical (unpaired) electrons. The van der Waals surface area contributed by atoms with E-state index in [2.05, 4.69) is 36.9 Å². The molecule has 0 aliphatic carbocycles. The normalized spacial score (nSPS) is 14.4. The van der Waals surface area contributed by atoms with Gasteiger partial charge in [0, 0.05) is 31.9 Å². The van der Waals surface area contributed by atoms with Crippen LogP contribution < -0.4 is 9.64 Å². The van der Waals surface area contributed by atoms with Gasteiger partial charge in [-0.3, -0.25) is 4.79 Å². The molecule has 5 heteroatoms. The van der Waals surface area contributed by atoms with Crippen molar-refractivity contribution >= 4 is 11.6 Å². The van der Waals surface area contributed by atoms with Gasteiger partial charge in [0.15, 0.2) is 6.61 Å². The van der Waals surface area contributed by atoms with Crippen LogP contribution in [0, 0.1) is 18.3 Å². The maximum absolute atomic E-state index is 12.7. The summed E-state index contributed by atoms with van der Waals surface area (Å²) in [5, 5.41) is 8.95. The number of nitrogens with zero attached hydrogens (tertiary/aromatic N) is 3. The maximum Gasteiger partial charge on any atom is 0.260 e. The van der Waals surface area contributed by atoms with Crippen molar-refractivity contribution in [2.75, 3.05) is 37.7 Å². The van der Waals surface area contributed by atoms with Gasteiger partial charge in [0.25, 0.3) is 5.91 Å². The van der Waals surface area contributed by atoms with Gasteiger partial charge in [-0.25, -0.2) is 0 Å². The van der Waals surface area contributed by atoms with Gasteiger partial charge < -0.3 is 14.5 Å². The Morgan fingerprint density at radius 1 is 1.10 bits per heavy atom. The third kappa shape index (κ3) is 5.29. The Balaban J connectivity index is 1.57. The molecule has 1 aliphatic rings. The number of ether oxygens (including phenoxy) is 1. The van der Waals surface area contributed by atoms with E-state index in [9.17, 15) is 4.79 Å². The van der Waals surface area contributed by atoms with E-state index in [1.165, 1.54) is 5.56 Å². The first-order valence-electron chi connectivity index (χ1n) is 10.2. The second-order valence-corrected chi connectivity index (χ2v) is 7.85. The molecular weight excluding hydrogens is 362 g/mol. The Hall–Kier alpha value is -3.00. The molecule has 0 spiro atoms. The van der Waals surface area contributed by atoms with E-state index in [0.29, 0.717) is 18.0 Å². The molecule has 0 unspecified atom stereocenters. The minimum atomic E-state index is 0.0287. The standard InChI is InChI=1S/C24H29N3O2/c1-18(2)21-8-5-19(3)23(15-21)29-17-24(28)27-12-4-11-26(13-14-27)22-9-6-20(16-25)7-10-22/h5-10,15,18H,4,11-14,17H2,1-3H3. The van der Waals surface area contributed by atoms with E-state index in [1.807, 2.05) is 42.2 Å². The Morgan fingerprint density at radius 3 is 2.55 bits per heavy atom. The SMILES string of the molecule is Cc1ccc(C(C)C)cc1OCC(=O)N1CCCN(c2ccc(C#N)cc2)CC1. The van der Waals surface area contributed by atoms with Gasteiger partial charge in [0.1, 0.15) is 5.75 Å². The van der Waals surface area contributed by atoms with Crippen molar-refractivity contribution in [2.24, 2.45) is 0 Å². The zero-order valence-corrected chi connectivity index (χ0v) is 17.5. The fourth-order valence-corrected chi connectivity index (χ4v) is 3.53. The van der Waals surface area contributed by atoms with Crippen molar-refractivity contribution in [3.63, 3.8) is 0 Å². The third-order valence-corrected chi connectivity index (χ3v) is 5.44. The summed E-state index contributed by atoms with van der Waals surface area (Å²) in [6.45, 7) is 9.45. The van der Waals surface area contributed by atoms with Gasteiger partial charge in [-0.2, -0.15) is 5.26 Å². The van der Waals surface area contributed by atoms with Crippen molar-refractivity contribution in [2.45, 2.75) is 33.1 Å². The summed E-state index contributed by atoms with van der Waals surface area (Å²) in [4.78, 5) is 16.9. The molecule has 1 heterocycles. The van der Waals surface area contributed by atoms with Crippen molar-refractivity contribution in [3.8, 4) is 11.8 Å². The smallest absolute Gasteiger partial charge is 0.260 e. The van der Waals surface area contributed by atoms with Crippen LogP contribution in [0.2, 0.25) is 0 Å². The van der Waals surface area contributed by atoms with Gasteiger partial charge in [0.2, 0.25) is 0 Å². The highest BCUT2D eigenvalue weighted by atomic mass is 16.5. The summed E-state index contributed by atoms with van der Waals surface area (Å²) in [5.74, 6) is 1.24. The summed E-state index contributed by atoms with van der Waals surface area (Å²) in [6.07, 6.45) is 0.910. The average molecular weight is 392 g/mol. The molecule has 0 aromatic heterocycles. The van der Waals surface area contributed by atoms with Crippen molar-refractivity contribution in [1.82, 2.24) is 4.90 Å². The molecular formula is C24H29N3O2. The van der Waals surface area contributed by atoms with Gasteiger partial charge >= 0.3 is 0 Å². The predicted molar refractivity (Wildman–Crippen MR) is 115 cm³/mol. The van der Waals surface area contributed by atoms with Crippen molar-refractivity contribution in [3.05, 3.63) is 59.2 Å². The largest absolute Gasteiger partial charge is 0.483 e. The number of benzene rings is 2.